The molecule has 2 aromatic carbocycles. The van der Waals surface area contributed by atoms with Gasteiger partial charge in [0.05, 0.1) is 0 Å². The second-order valence-electron chi connectivity index (χ2n) is 5.19. The molecule has 1 aliphatic carbocycles. The van der Waals surface area contributed by atoms with Crippen molar-refractivity contribution < 1.29 is 0 Å². The van der Waals surface area contributed by atoms with Crippen LogP contribution in [-0.4, -0.2) is 6.04 Å². The predicted octanol–water partition coefficient (Wildman–Crippen LogP) is 4.44. The summed E-state index contributed by atoms with van der Waals surface area (Å²) < 4.78 is 0. The molecule has 1 N–H and O–H groups in total. The van der Waals surface area contributed by atoms with E-state index in [1.807, 2.05) is 0 Å². The largest absolute Gasteiger partial charge is 0.382 e. The van der Waals surface area contributed by atoms with E-state index in [4.69, 9.17) is 0 Å². The lowest BCUT2D eigenvalue weighted by Gasteiger charge is -2.20. The molecule has 0 radical (unpaired) electrons. The van der Waals surface area contributed by atoms with Crippen LogP contribution in [-0.2, 0) is 0 Å². The van der Waals surface area contributed by atoms with E-state index in [9.17, 15) is 0 Å². The molecule has 17 heavy (non-hydrogen) atoms. The van der Waals surface area contributed by atoms with Crippen molar-refractivity contribution in [1.82, 2.24) is 0 Å². The first kappa shape index (κ1) is 10.6. The minimum atomic E-state index is 0.654. The van der Waals surface area contributed by atoms with Crippen molar-refractivity contribution in [3.05, 3.63) is 42.5 Å². The molecule has 1 nitrogen and oxygen atoms in total. The van der Waals surface area contributed by atoms with Gasteiger partial charge in [0, 0.05) is 17.1 Å². The fourth-order valence-electron chi connectivity index (χ4n) is 2.91. The quantitative estimate of drug-likeness (QED) is 0.796. The smallest absolute Gasteiger partial charge is 0.0422 e. The van der Waals surface area contributed by atoms with E-state index in [0.717, 1.165) is 5.92 Å². The van der Waals surface area contributed by atoms with Gasteiger partial charge >= 0.3 is 0 Å². The molecular weight excluding hydrogens is 206 g/mol. The van der Waals surface area contributed by atoms with Crippen molar-refractivity contribution >= 4 is 16.5 Å². The Bertz CT molecular complexity index is 512. The molecule has 0 bridgehead atoms. The summed E-state index contributed by atoms with van der Waals surface area (Å²) in [5.41, 5.74) is 1.29. The van der Waals surface area contributed by atoms with Crippen LogP contribution in [0.2, 0.25) is 0 Å². The SMILES string of the molecule is CC1CCCC1Nc1cccc2ccccc12. The molecule has 1 heteroatoms. The summed E-state index contributed by atoms with van der Waals surface area (Å²) in [7, 11) is 0. The van der Waals surface area contributed by atoms with E-state index < -0.39 is 0 Å². The molecule has 0 amide bonds. The van der Waals surface area contributed by atoms with Gasteiger partial charge in [0.2, 0.25) is 0 Å². The molecule has 2 aromatic rings. The fraction of sp³-hybridized carbons (Fsp3) is 0.375. The van der Waals surface area contributed by atoms with Crippen LogP contribution >= 0.6 is 0 Å². The van der Waals surface area contributed by atoms with E-state index in [2.05, 4.69) is 54.7 Å². The molecule has 2 unspecified atom stereocenters. The van der Waals surface area contributed by atoms with Gasteiger partial charge in [-0.25, -0.2) is 0 Å². The number of rotatable bonds is 2. The molecule has 88 valence electrons. The van der Waals surface area contributed by atoms with E-state index in [-0.39, 0.29) is 0 Å². The first-order valence-corrected chi connectivity index (χ1v) is 6.59. The van der Waals surface area contributed by atoms with Crippen LogP contribution in [0.3, 0.4) is 0 Å². The van der Waals surface area contributed by atoms with E-state index in [1.54, 1.807) is 0 Å². The molecule has 0 spiro atoms. The first-order valence-electron chi connectivity index (χ1n) is 6.59. The van der Waals surface area contributed by atoms with Gasteiger partial charge in [-0.1, -0.05) is 49.7 Å². The highest BCUT2D eigenvalue weighted by Crippen LogP contribution is 2.30. The topological polar surface area (TPSA) is 12.0 Å². The van der Waals surface area contributed by atoms with Crippen molar-refractivity contribution in [2.24, 2.45) is 5.92 Å². The van der Waals surface area contributed by atoms with Crippen molar-refractivity contribution in [2.75, 3.05) is 5.32 Å². The van der Waals surface area contributed by atoms with Gasteiger partial charge < -0.3 is 5.32 Å². The van der Waals surface area contributed by atoms with Gasteiger partial charge in [-0.2, -0.15) is 0 Å². The van der Waals surface area contributed by atoms with Crippen molar-refractivity contribution in [3.8, 4) is 0 Å². The zero-order valence-electron chi connectivity index (χ0n) is 10.3. The summed E-state index contributed by atoms with van der Waals surface area (Å²) in [4.78, 5) is 0. The second kappa shape index (κ2) is 4.40. The Balaban J connectivity index is 1.94. The Morgan fingerprint density at radius 2 is 1.82 bits per heavy atom. The van der Waals surface area contributed by atoms with Crippen LogP contribution in [0.4, 0.5) is 5.69 Å². The fourth-order valence-corrected chi connectivity index (χ4v) is 2.91. The second-order valence-corrected chi connectivity index (χ2v) is 5.19. The Morgan fingerprint density at radius 3 is 2.65 bits per heavy atom. The highest BCUT2D eigenvalue weighted by molar-refractivity contribution is 5.93. The number of fused-ring (bicyclic) bond motifs is 1. The summed E-state index contributed by atoms with van der Waals surface area (Å²) in [5.74, 6) is 0.800. The first-order chi connectivity index (χ1) is 8.34. The number of hydrogen-bond acceptors (Lipinski definition) is 1. The molecule has 2 atom stereocenters. The van der Waals surface area contributed by atoms with Crippen molar-refractivity contribution in [3.63, 3.8) is 0 Å². The average molecular weight is 225 g/mol. The molecule has 0 aliphatic heterocycles. The highest BCUT2D eigenvalue weighted by Gasteiger charge is 2.23. The summed E-state index contributed by atoms with van der Waals surface area (Å²) in [6.07, 6.45) is 4.04. The molecule has 3 rings (SSSR count). The third-order valence-corrected chi connectivity index (χ3v) is 3.99. The van der Waals surface area contributed by atoms with Crippen molar-refractivity contribution in [2.45, 2.75) is 32.2 Å². The summed E-state index contributed by atoms with van der Waals surface area (Å²) in [6, 6.07) is 15.8. The Morgan fingerprint density at radius 1 is 1.00 bits per heavy atom. The molecule has 0 saturated heterocycles. The predicted molar refractivity (Wildman–Crippen MR) is 74.4 cm³/mol. The number of hydrogen-bond donors (Lipinski definition) is 1. The van der Waals surface area contributed by atoms with Crippen LogP contribution in [0.1, 0.15) is 26.2 Å². The molecule has 0 aromatic heterocycles. The lowest BCUT2D eigenvalue weighted by Crippen LogP contribution is -2.21. The Kier molecular flexibility index (Phi) is 2.76. The maximum absolute atomic E-state index is 3.73. The third-order valence-electron chi connectivity index (χ3n) is 3.99. The van der Waals surface area contributed by atoms with Crippen LogP contribution in [0.15, 0.2) is 42.5 Å². The molecule has 0 heterocycles. The van der Waals surface area contributed by atoms with Crippen LogP contribution in [0.25, 0.3) is 10.8 Å². The monoisotopic (exact) mass is 225 g/mol. The van der Waals surface area contributed by atoms with Gasteiger partial charge in [-0.15, -0.1) is 0 Å². The van der Waals surface area contributed by atoms with Gasteiger partial charge in [0.15, 0.2) is 0 Å². The number of nitrogens with one attached hydrogen (secondary N) is 1. The summed E-state index contributed by atoms with van der Waals surface area (Å²) >= 11 is 0. The maximum atomic E-state index is 3.73. The third kappa shape index (κ3) is 2.02. The Hall–Kier alpha value is -1.50. The van der Waals surface area contributed by atoms with E-state index in [1.165, 1.54) is 35.7 Å². The standard InChI is InChI=1S/C16H19N/c1-12-6-4-10-15(12)17-16-11-5-8-13-7-2-3-9-14(13)16/h2-3,5,7-9,11-12,15,17H,4,6,10H2,1H3. The number of anilines is 1. The van der Waals surface area contributed by atoms with Gasteiger partial charge in [0.25, 0.3) is 0 Å². The number of benzene rings is 2. The normalized spacial score (nSPS) is 24.1. The van der Waals surface area contributed by atoms with Crippen molar-refractivity contribution in [1.29, 1.82) is 0 Å². The van der Waals surface area contributed by atoms with E-state index in [0.29, 0.717) is 6.04 Å². The van der Waals surface area contributed by atoms with Crippen LogP contribution in [0, 0.1) is 5.92 Å². The lowest BCUT2D eigenvalue weighted by molar-refractivity contribution is 0.557. The molecule has 1 saturated carbocycles. The zero-order chi connectivity index (χ0) is 11.7. The minimum Gasteiger partial charge on any atom is -0.382 e. The summed E-state index contributed by atoms with van der Waals surface area (Å²) in [5, 5.41) is 6.40. The molecule has 1 aliphatic rings. The molecular formula is C16H19N. The maximum Gasteiger partial charge on any atom is 0.0422 e. The molecule has 1 fully saturated rings. The lowest BCUT2D eigenvalue weighted by atomic mass is 10.0. The van der Waals surface area contributed by atoms with Gasteiger partial charge in [-0.3, -0.25) is 0 Å². The van der Waals surface area contributed by atoms with Crippen LogP contribution in [0.5, 0.6) is 0 Å². The van der Waals surface area contributed by atoms with Crippen LogP contribution < -0.4 is 5.32 Å². The van der Waals surface area contributed by atoms with E-state index >= 15 is 0 Å². The zero-order valence-corrected chi connectivity index (χ0v) is 10.3. The minimum absolute atomic E-state index is 0.654. The Labute approximate surface area is 103 Å². The highest BCUT2D eigenvalue weighted by atomic mass is 14.9. The van der Waals surface area contributed by atoms with Gasteiger partial charge in [0.1, 0.15) is 0 Å². The van der Waals surface area contributed by atoms with Gasteiger partial charge in [-0.05, 0) is 30.2 Å². The summed E-state index contributed by atoms with van der Waals surface area (Å²) in [6.45, 7) is 2.36. The average Bonchev–Trinajstić information content (AvgIpc) is 2.76.